The molecule has 3 nitrogen and oxygen atoms in total. The molecule has 2 unspecified atom stereocenters. The summed E-state index contributed by atoms with van der Waals surface area (Å²) in [5, 5.41) is 3.28. The average molecular weight is 249 g/mol. The number of nitrogens with one attached hydrogen (secondary N) is 1. The highest BCUT2D eigenvalue weighted by Gasteiger charge is 2.28. The van der Waals surface area contributed by atoms with E-state index in [-0.39, 0.29) is 5.75 Å². The van der Waals surface area contributed by atoms with Crippen LogP contribution in [0.15, 0.2) is 0 Å². The van der Waals surface area contributed by atoms with E-state index in [2.05, 4.69) is 26.1 Å². The molecule has 0 aromatic rings. The second-order valence-electron chi connectivity index (χ2n) is 5.56. The van der Waals surface area contributed by atoms with Crippen LogP contribution in [0, 0.1) is 5.92 Å². The van der Waals surface area contributed by atoms with E-state index in [1.165, 1.54) is 0 Å². The molecule has 0 aromatic carbocycles. The van der Waals surface area contributed by atoms with Crippen LogP contribution >= 0.6 is 0 Å². The van der Waals surface area contributed by atoms with Gasteiger partial charge in [-0.25, -0.2) is 8.42 Å². The van der Waals surface area contributed by atoms with Crippen molar-refractivity contribution in [3.63, 3.8) is 0 Å². The average Bonchev–Trinajstić information content (AvgIpc) is 2.14. The van der Waals surface area contributed by atoms with Gasteiger partial charge in [-0.2, -0.15) is 0 Å². The van der Waals surface area contributed by atoms with Crippen molar-refractivity contribution in [3.8, 4) is 0 Å². The number of sulfone groups is 1. The van der Waals surface area contributed by atoms with Gasteiger partial charge in [0.1, 0.15) is 0 Å². The zero-order chi connectivity index (χ0) is 13.0. The maximum absolute atomic E-state index is 11.8. The zero-order valence-corrected chi connectivity index (χ0v) is 12.3. The summed E-state index contributed by atoms with van der Waals surface area (Å²) in [7, 11) is -2.99. The first-order valence-electron chi connectivity index (χ1n) is 6.07. The summed E-state index contributed by atoms with van der Waals surface area (Å²) in [4.78, 5) is 0. The summed E-state index contributed by atoms with van der Waals surface area (Å²) in [5.74, 6) is 0.800. The normalized spacial score (nSPS) is 17.1. The van der Waals surface area contributed by atoms with Crippen LogP contribution in [0.5, 0.6) is 0 Å². The lowest BCUT2D eigenvalue weighted by atomic mass is 10.0. The third kappa shape index (κ3) is 4.83. The van der Waals surface area contributed by atoms with Gasteiger partial charge in [0.05, 0.1) is 10.5 Å². The van der Waals surface area contributed by atoms with Crippen LogP contribution in [-0.2, 0) is 9.84 Å². The molecule has 16 heavy (non-hydrogen) atoms. The lowest BCUT2D eigenvalue weighted by Crippen LogP contribution is -2.39. The lowest BCUT2D eigenvalue weighted by molar-refractivity contribution is 0.398. The van der Waals surface area contributed by atoms with Crippen LogP contribution in [0.3, 0.4) is 0 Å². The van der Waals surface area contributed by atoms with Crippen molar-refractivity contribution < 1.29 is 8.42 Å². The Bertz CT molecular complexity index is 291. The fraction of sp³-hybridized carbons (Fsp3) is 1.00. The first kappa shape index (κ1) is 15.9. The summed E-state index contributed by atoms with van der Waals surface area (Å²) in [6.07, 6.45) is 1.11. The summed E-state index contributed by atoms with van der Waals surface area (Å²) in [5.41, 5.74) is 0. The maximum atomic E-state index is 11.8. The smallest absolute Gasteiger partial charge is 0.156 e. The molecule has 0 aliphatic rings. The molecule has 0 heterocycles. The minimum Gasteiger partial charge on any atom is -0.313 e. The molecule has 0 aliphatic carbocycles. The van der Waals surface area contributed by atoms with Crippen molar-refractivity contribution in [2.24, 2.45) is 5.92 Å². The fourth-order valence-corrected chi connectivity index (χ4v) is 2.28. The Labute approximate surface area is 101 Å². The Balaban J connectivity index is 4.10. The molecule has 0 spiro atoms. The largest absolute Gasteiger partial charge is 0.313 e. The third-order valence-electron chi connectivity index (χ3n) is 3.27. The van der Waals surface area contributed by atoms with Crippen LogP contribution in [-0.4, -0.2) is 31.5 Å². The SMILES string of the molecule is CCC(C)C(C)NCCS(=O)(=O)C(C)(C)C. The highest BCUT2D eigenvalue weighted by atomic mass is 32.2. The molecule has 98 valence electrons. The van der Waals surface area contributed by atoms with Crippen molar-refractivity contribution >= 4 is 9.84 Å². The molecular weight excluding hydrogens is 222 g/mol. The minimum absolute atomic E-state index is 0.220. The molecule has 2 atom stereocenters. The summed E-state index contributed by atoms with van der Waals surface area (Å²) in [6, 6.07) is 0.375. The summed E-state index contributed by atoms with van der Waals surface area (Å²) >= 11 is 0. The van der Waals surface area contributed by atoms with E-state index in [0.29, 0.717) is 18.5 Å². The van der Waals surface area contributed by atoms with Crippen molar-refractivity contribution in [2.75, 3.05) is 12.3 Å². The third-order valence-corrected chi connectivity index (χ3v) is 5.88. The zero-order valence-electron chi connectivity index (χ0n) is 11.5. The van der Waals surface area contributed by atoms with Crippen LogP contribution in [0.25, 0.3) is 0 Å². The first-order chi connectivity index (χ1) is 7.12. The van der Waals surface area contributed by atoms with Crippen molar-refractivity contribution in [3.05, 3.63) is 0 Å². The van der Waals surface area contributed by atoms with E-state index in [1.54, 1.807) is 20.8 Å². The predicted molar refractivity (Wildman–Crippen MR) is 70.5 cm³/mol. The van der Waals surface area contributed by atoms with Gasteiger partial charge in [-0.05, 0) is 33.6 Å². The van der Waals surface area contributed by atoms with Gasteiger partial charge in [-0.1, -0.05) is 20.3 Å². The second-order valence-corrected chi connectivity index (χ2v) is 8.42. The van der Waals surface area contributed by atoms with Crippen LogP contribution in [0.2, 0.25) is 0 Å². The molecule has 0 fully saturated rings. The van der Waals surface area contributed by atoms with Crippen molar-refractivity contribution in [1.82, 2.24) is 5.32 Å². The van der Waals surface area contributed by atoms with Crippen molar-refractivity contribution in [2.45, 2.75) is 58.8 Å². The Morgan fingerprint density at radius 3 is 2.06 bits per heavy atom. The lowest BCUT2D eigenvalue weighted by Gasteiger charge is -2.22. The van der Waals surface area contributed by atoms with Crippen LogP contribution in [0.1, 0.15) is 48.0 Å². The monoisotopic (exact) mass is 249 g/mol. The quantitative estimate of drug-likeness (QED) is 0.785. The first-order valence-corrected chi connectivity index (χ1v) is 7.72. The van der Waals surface area contributed by atoms with Crippen LogP contribution < -0.4 is 5.32 Å². The van der Waals surface area contributed by atoms with E-state index in [9.17, 15) is 8.42 Å². The Morgan fingerprint density at radius 2 is 1.69 bits per heavy atom. The second kappa shape index (κ2) is 6.01. The number of hydrogen-bond donors (Lipinski definition) is 1. The molecule has 0 saturated heterocycles. The molecule has 0 radical (unpaired) electrons. The number of hydrogen-bond acceptors (Lipinski definition) is 3. The van der Waals surface area contributed by atoms with Gasteiger partial charge in [-0.15, -0.1) is 0 Å². The highest BCUT2D eigenvalue weighted by Crippen LogP contribution is 2.15. The topological polar surface area (TPSA) is 46.2 Å². The summed E-state index contributed by atoms with van der Waals surface area (Å²) < 4.78 is 23.0. The van der Waals surface area contributed by atoms with E-state index < -0.39 is 14.6 Å². The van der Waals surface area contributed by atoms with Gasteiger partial charge in [0.2, 0.25) is 0 Å². The highest BCUT2D eigenvalue weighted by molar-refractivity contribution is 7.92. The van der Waals surface area contributed by atoms with E-state index >= 15 is 0 Å². The Kier molecular flexibility index (Phi) is 5.98. The van der Waals surface area contributed by atoms with Gasteiger partial charge in [0.25, 0.3) is 0 Å². The molecule has 0 saturated carbocycles. The molecule has 0 bridgehead atoms. The van der Waals surface area contributed by atoms with Gasteiger partial charge in [0, 0.05) is 12.6 Å². The molecular formula is C12H27NO2S. The van der Waals surface area contributed by atoms with E-state index in [4.69, 9.17) is 0 Å². The molecule has 0 aliphatic heterocycles. The molecule has 4 heteroatoms. The van der Waals surface area contributed by atoms with Crippen LogP contribution in [0.4, 0.5) is 0 Å². The standard InChI is InChI=1S/C12H27NO2S/c1-7-10(2)11(3)13-8-9-16(14,15)12(4,5)6/h10-11,13H,7-9H2,1-6H3. The Morgan fingerprint density at radius 1 is 1.19 bits per heavy atom. The molecule has 0 rings (SSSR count). The fourth-order valence-electron chi connectivity index (χ4n) is 1.28. The minimum atomic E-state index is -2.99. The van der Waals surface area contributed by atoms with Gasteiger partial charge >= 0.3 is 0 Å². The van der Waals surface area contributed by atoms with E-state index in [0.717, 1.165) is 6.42 Å². The van der Waals surface area contributed by atoms with Gasteiger partial charge in [0.15, 0.2) is 9.84 Å². The Hall–Kier alpha value is -0.0900. The molecule has 0 aromatic heterocycles. The number of rotatable bonds is 6. The molecule has 1 N–H and O–H groups in total. The summed E-state index contributed by atoms with van der Waals surface area (Å²) in [6.45, 7) is 12.2. The van der Waals surface area contributed by atoms with Gasteiger partial charge < -0.3 is 5.32 Å². The van der Waals surface area contributed by atoms with Crippen molar-refractivity contribution in [1.29, 1.82) is 0 Å². The molecule has 0 amide bonds. The predicted octanol–water partition coefficient (Wildman–Crippen LogP) is 2.22. The van der Waals surface area contributed by atoms with Gasteiger partial charge in [-0.3, -0.25) is 0 Å². The van der Waals surface area contributed by atoms with E-state index in [1.807, 2.05) is 0 Å². The maximum Gasteiger partial charge on any atom is 0.156 e.